The zero-order valence-corrected chi connectivity index (χ0v) is 20.4. The predicted octanol–water partition coefficient (Wildman–Crippen LogP) is 2.84. The molecular weight excluding hydrogens is 420 g/mol. The van der Waals surface area contributed by atoms with Gasteiger partial charge in [0.25, 0.3) is 0 Å². The molecule has 0 spiro atoms. The summed E-state index contributed by atoms with van der Waals surface area (Å²) in [5.74, 6) is -0.259. The van der Waals surface area contributed by atoms with Gasteiger partial charge in [-0.1, -0.05) is 36.8 Å². The summed E-state index contributed by atoms with van der Waals surface area (Å²) < 4.78 is 5.45. The Morgan fingerprint density at radius 1 is 1.18 bits per heavy atom. The highest BCUT2D eigenvalue weighted by Crippen LogP contribution is 2.32. The molecule has 0 bridgehead atoms. The molecule has 0 aliphatic carbocycles. The lowest BCUT2D eigenvalue weighted by atomic mass is 9.93. The number of nitrogens with one attached hydrogen (secondary N) is 1. The van der Waals surface area contributed by atoms with E-state index >= 15 is 0 Å². The zero-order chi connectivity index (χ0) is 24.1. The zero-order valence-electron chi connectivity index (χ0n) is 20.4. The highest BCUT2D eigenvalue weighted by atomic mass is 16.5. The molecule has 3 amide bonds. The second kappa shape index (κ2) is 10.8. The number of ether oxygens (including phenoxy) is 1. The van der Waals surface area contributed by atoms with Crippen LogP contribution in [-0.2, 0) is 14.3 Å². The van der Waals surface area contributed by atoms with Crippen LogP contribution in [0.2, 0.25) is 0 Å². The molecule has 8 heteroatoms. The summed E-state index contributed by atoms with van der Waals surface area (Å²) in [4.78, 5) is 44.3. The number of rotatable bonds is 7. The van der Waals surface area contributed by atoms with Gasteiger partial charge in [0.1, 0.15) is 0 Å². The maximum Gasteiger partial charge on any atom is 0.338 e. The molecule has 2 aliphatic rings. The van der Waals surface area contributed by atoms with Crippen molar-refractivity contribution in [2.75, 3.05) is 39.3 Å². The molecule has 8 nitrogen and oxygen atoms in total. The van der Waals surface area contributed by atoms with Gasteiger partial charge in [-0.2, -0.15) is 0 Å². The van der Waals surface area contributed by atoms with Crippen LogP contribution in [0.5, 0.6) is 0 Å². The monoisotopic (exact) mass is 456 g/mol. The minimum Gasteiger partial charge on any atom is -0.463 e. The number of esters is 1. The Morgan fingerprint density at radius 3 is 2.55 bits per heavy atom. The van der Waals surface area contributed by atoms with E-state index in [1.54, 1.807) is 11.8 Å². The smallest absolute Gasteiger partial charge is 0.338 e. The average Bonchev–Trinajstić information content (AvgIpc) is 2.78. The van der Waals surface area contributed by atoms with Crippen LogP contribution < -0.4 is 5.32 Å². The Labute approximate surface area is 196 Å². The van der Waals surface area contributed by atoms with E-state index in [1.807, 2.05) is 56.9 Å². The first-order chi connectivity index (χ1) is 15.8. The molecule has 1 N–H and O–H groups in total. The topological polar surface area (TPSA) is 82.2 Å². The van der Waals surface area contributed by atoms with Crippen LogP contribution in [-0.4, -0.2) is 78.0 Å². The molecule has 33 heavy (non-hydrogen) atoms. The minimum atomic E-state index is -0.574. The standard InChI is InChI=1S/C25H36N4O4/c1-6-21(30)29-13-12-27(15-18(29)5)16-20-22(24(31)33-8-3)23(26-25(32)28(20)7-2)19-11-9-10-17(4)14-19/h9-11,14,18,23H,6-8,12-13,15-16H2,1-5H3,(H,26,32). The summed E-state index contributed by atoms with van der Waals surface area (Å²) in [5, 5.41) is 3.01. The number of urea groups is 1. The van der Waals surface area contributed by atoms with Gasteiger partial charge in [-0.3, -0.25) is 14.6 Å². The Morgan fingerprint density at radius 2 is 1.94 bits per heavy atom. The molecule has 1 aromatic carbocycles. The fraction of sp³-hybridized carbons (Fsp3) is 0.560. The lowest BCUT2D eigenvalue weighted by Crippen LogP contribution is -2.56. The molecule has 1 fully saturated rings. The fourth-order valence-electron chi connectivity index (χ4n) is 4.72. The lowest BCUT2D eigenvalue weighted by molar-refractivity contribution is -0.139. The van der Waals surface area contributed by atoms with Crippen molar-refractivity contribution in [1.82, 2.24) is 20.0 Å². The largest absolute Gasteiger partial charge is 0.463 e. The van der Waals surface area contributed by atoms with Crippen molar-refractivity contribution in [2.45, 2.75) is 53.1 Å². The molecule has 180 valence electrons. The Hall–Kier alpha value is -2.87. The van der Waals surface area contributed by atoms with Crippen LogP contribution in [0, 0.1) is 6.92 Å². The van der Waals surface area contributed by atoms with Crippen LogP contribution in [0.15, 0.2) is 35.5 Å². The van der Waals surface area contributed by atoms with Gasteiger partial charge >= 0.3 is 12.0 Å². The second-order valence-corrected chi connectivity index (χ2v) is 8.65. The average molecular weight is 457 g/mol. The first-order valence-electron chi connectivity index (χ1n) is 11.9. The van der Waals surface area contributed by atoms with E-state index in [2.05, 4.69) is 10.2 Å². The molecule has 2 aliphatic heterocycles. The number of hydrogen-bond acceptors (Lipinski definition) is 5. The number of carbonyl (C=O) groups excluding carboxylic acids is 3. The molecule has 1 aromatic rings. The van der Waals surface area contributed by atoms with E-state index in [0.717, 1.165) is 11.1 Å². The quantitative estimate of drug-likeness (QED) is 0.638. The number of amides is 3. The van der Waals surface area contributed by atoms with Crippen LogP contribution in [0.3, 0.4) is 0 Å². The van der Waals surface area contributed by atoms with Crippen molar-refractivity contribution in [3.8, 4) is 0 Å². The summed E-state index contributed by atoms with van der Waals surface area (Å²) >= 11 is 0. The molecule has 2 heterocycles. The van der Waals surface area contributed by atoms with Crippen LogP contribution in [0.25, 0.3) is 0 Å². The van der Waals surface area contributed by atoms with Gasteiger partial charge in [0.05, 0.1) is 18.2 Å². The van der Waals surface area contributed by atoms with Crippen molar-refractivity contribution < 1.29 is 19.1 Å². The summed E-state index contributed by atoms with van der Waals surface area (Å²) in [7, 11) is 0. The first kappa shape index (κ1) is 24.8. The number of aryl methyl sites for hydroxylation is 1. The van der Waals surface area contributed by atoms with E-state index in [9.17, 15) is 14.4 Å². The number of benzene rings is 1. The van der Waals surface area contributed by atoms with Crippen LogP contribution >= 0.6 is 0 Å². The third kappa shape index (κ3) is 5.38. The lowest BCUT2D eigenvalue weighted by Gasteiger charge is -2.43. The highest BCUT2D eigenvalue weighted by Gasteiger charge is 2.39. The Balaban J connectivity index is 2.00. The fourth-order valence-corrected chi connectivity index (χ4v) is 4.72. The van der Waals surface area contributed by atoms with Gasteiger partial charge in [0.15, 0.2) is 0 Å². The van der Waals surface area contributed by atoms with Crippen LogP contribution in [0.1, 0.15) is 51.3 Å². The van der Waals surface area contributed by atoms with Gasteiger partial charge < -0.3 is 15.0 Å². The third-order valence-corrected chi connectivity index (χ3v) is 6.33. The van der Waals surface area contributed by atoms with Gasteiger partial charge in [0, 0.05) is 50.9 Å². The van der Waals surface area contributed by atoms with Gasteiger partial charge in [-0.15, -0.1) is 0 Å². The maximum absolute atomic E-state index is 13.2. The Kier molecular flexibility index (Phi) is 8.13. The summed E-state index contributed by atoms with van der Waals surface area (Å²) in [5.41, 5.74) is 3.05. The number of hydrogen-bond donors (Lipinski definition) is 1. The van der Waals surface area contributed by atoms with Crippen molar-refractivity contribution in [3.63, 3.8) is 0 Å². The molecule has 0 radical (unpaired) electrons. The molecule has 1 saturated heterocycles. The van der Waals surface area contributed by atoms with E-state index in [4.69, 9.17) is 4.74 Å². The van der Waals surface area contributed by atoms with Crippen molar-refractivity contribution in [3.05, 3.63) is 46.7 Å². The van der Waals surface area contributed by atoms with E-state index in [-0.39, 0.29) is 24.6 Å². The predicted molar refractivity (Wildman–Crippen MR) is 126 cm³/mol. The van der Waals surface area contributed by atoms with E-state index < -0.39 is 12.0 Å². The molecule has 2 atom stereocenters. The number of likely N-dealkylation sites (N-methyl/N-ethyl adjacent to an activating group) is 1. The van der Waals surface area contributed by atoms with Gasteiger partial charge in [-0.05, 0) is 33.3 Å². The summed E-state index contributed by atoms with van der Waals surface area (Å²) in [6, 6.07) is 7.10. The number of nitrogens with zero attached hydrogens (tertiary/aromatic N) is 3. The molecule has 3 rings (SSSR count). The molecular formula is C25H36N4O4. The molecule has 2 unspecified atom stereocenters. The third-order valence-electron chi connectivity index (χ3n) is 6.33. The maximum atomic E-state index is 13.2. The van der Waals surface area contributed by atoms with Crippen molar-refractivity contribution in [1.29, 1.82) is 0 Å². The van der Waals surface area contributed by atoms with E-state index in [1.165, 1.54) is 0 Å². The van der Waals surface area contributed by atoms with Crippen molar-refractivity contribution >= 4 is 17.9 Å². The highest BCUT2D eigenvalue weighted by molar-refractivity contribution is 5.95. The molecule has 0 saturated carbocycles. The summed E-state index contributed by atoms with van der Waals surface area (Å²) in [6.45, 7) is 12.7. The Bertz CT molecular complexity index is 929. The summed E-state index contributed by atoms with van der Waals surface area (Å²) in [6.07, 6.45) is 0.491. The SMILES string of the molecule is CCOC(=O)C1=C(CN2CCN(C(=O)CC)C(C)C2)N(CC)C(=O)NC1c1cccc(C)c1. The first-order valence-corrected chi connectivity index (χ1v) is 11.9. The number of carbonyl (C=O) groups is 3. The van der Waals surface area contributed by atoms with Crippen molar-refractivity contribution in [2.24, 2.45) is 0 Å². The van der Waals surface area contributed by atoms with Crippen LogP contribution in [0.4, 0.5) is 4.79 Å². The van der Waals surface area contributed by atoms with E-state index in [0.29, 0.717) is 50.4 Å². The normalized spacial score (nSPS) is 21.8. The number of piperazine rings is 1. The second-order valence-electron chi connectivity index (χ2n) is 8.65. The molecule has 0 aromatic heterocycles. The minimum absolute atomic E-state index is 0.0675. The van der Waals surface area contributed by atoms with Gasteiger partial charge in [0.2, 0.25) is 5.91 Å². The van der Waals surface area contributed by atoms with Gasteiger partial charge in [-0.25, -0.2) is 9.59 Å².